The van der Waals surface area contributed by atoms with E-state index < -0.39 is 23.4 Å². The van der Waals surface area contributed by atoms with Crippen LogP contribution in [0.4, 0.5) is 11.4 Å². The number of benzene rings is 2. The quantitative estimate of drug-likeness (QED) is 0.356. The Kier molecular flexibility index (Phi) is 6.02. The Balaban J connectivity index is 1.56. The van der Waals surface area contributed by atoms with Crippen molar-refractivity contribution >= 4 is 45.8 Å². The number of carbonyl (C=O) groups excluding carboxylic acids is 2. The highest BCUT2D eigenvalue weighted by atomic mass is 35.5. The molecule has 4 rings (SSSR count). The minimum atomic E-state index is -0.701. The molecular formula is C22H19ClN4O5. The van der Waals surface area contributed by atoms with Crippen LogP contribution in [0, 0.1) is 10.1 Å². The molecule has 32 heavy (non-hydrogen) atoms. The molecule has 1 N–H and O–H groups in total. The Bertz CT molecular complexity index is 1250. The Hall–Kier alpha value is -3.56. The van der Waals surface area contributed by atoms with E-state index >= 15 is 0 Å². The molecule has 1 aliphatic heterocycles. The van der Waals surface area contributed by atoms with E-state index in [1.165, 1.54) is 12.1 Å². The molecule has 0 saturated heterocycles. The van der Waals surface area contributed by atoms with E-state index in [9.17, 15) is 19.7 Å². The van der Waals surface area contributed by atoms with Crippen molar-refractivity contribution in [1.29, 1.82) is 0 Å². The summed E-state index contributed by atoms with van der Waals surface area (Å²) < 4.78 is 5.30. The maximum Gasteiger partial charge on any atom is 0.339 e. The van der Waals surface area contributed by atoms with Crippen LogP contribution in [0.1, 0.15) is 21.6 Å². The smallest absolute Gasteiger partial charge is 0.339 e. The number of likely N-dealkylation sites (N-methyl/N-ethyl adjacent to an activating group) is 1. The molecule has 9 nitrogen and oxygen atoms in total. The average molecular weight is 455 g/mol. The van der Waals surface area contributed by atoms with Gasteiger partial charge in [-0.1, -0.05) is 29.8 Å². The Morgan fingerprint density at radius 3 is 2.84 bits per heavy atom. The van der Waals surface area contributed by atoms with Crippen molar-refractivity contribution < 1.29 is 19.2 Å². The van der Waals surface area contributed by atoms with Gasteiger partial charge in [-0.05, 0) is 25.2 Å². The highest BCUT2D eigenvalue weighted by Crippen LogP contribution is 2.29. The number of nitrogens with zero attached hydrogens (tertiary/aromatic N) is 3. The lowest BCUT2D eigenvalue weighted by Crippen LogP contribution is -2.30. The summed E-state index contributed by atoms with van der Waals surface area (Å²) in [5.41, 5.74) is 2.32. The van der Waals surface area contributed by atoms with Crippen molar-refractivity contribution in [3.8, 4) is 0 Å². The summed E-state index contributed by atoms with van der Waals surface area (Å²) in [7, 11) is 1.96. The van der Waals surface area contributed by atoms with Gasteiger partial charge in [-0.3, -0.25) is 19.9 Å². The fraction of sp³-hybridized carbons (Fsp3) is 0.227. The molecule has 0 fully saturated rings. The van der Waals surface area contributed by atoms with Gasteiger partial charge < -0.3 is 15.0 Å². The lowest BCUT2D eigenvalue weighted by molar-refractivity contribution is -0.383. The number of amides is 1. The van der Waals surface area contributed by atoms with E-state index in [1.54, 1.807) is 6.07 Å². The molecule has 2 aromatic carbocycles. The van der Waals surface area contributed by atoms with Crippen molar-refractivity contribution in [2.75, 3.05) is 25.5 Å². The van der Waals surface area contributed by atoms with Crippen LogP contribution in [0.5, 0.6) is 0 Å². The molecule has 2 heterocycles. The van der Waals surface area contributed by atoms with E-state index in [-0.39, 0.29) is 16.4 Å². The number of hydrogen-bond donors (Lipinski definition) is 1. The maximum absolute atomic E-state index is 13.0. The van der Waals surface area contributed by atoms with E-state index in [0.29, 0.717) is 29.4 Å². The first-order valence-electron chi connectivity index (χ1n) is 9.83. The third-order valence-electron chi connectivity index (χ3n) is 5.21. The number of anilines is 1. The molecule has 10 heteroatoms. The number of rotatable bonds is 5. The molecule has 1 aliphatic rings. The van der Waals surface area contributed by atoms with E-state index in [2.05, 4.69) is 15.2 Å². The zero-order valence-corrected chi connectivity index (χ0v) is 17.9. The van der Waals surface area contributed by atoms with E-state index in [4.69, 9.17) is 16.3 Å². The molecule has 0 aliphatic carbocycles. The van der Waals surface area contributed by atoms with Crippen LogP contribution in [0.3, 0.4) is 0 Å². The number of nitro benzene ring substituents is 1. The summed E-state index contributed by atoms with van der Waals surface area (Å²) in [6.45, 7) is 0.774. The predicted molar refractivity (Wildman–Crippen MR) is 119 cm³/mol. The molecule has 0 spiro atoms. The van der Waals surface area contributed by atoms with Crippen LogP contribution in [0.2, 0.25) is 5.02 Å². The van der Waals surface area contributed by atoms with Gasteiger partial charge in [-0.15, -0.1) is 0 Å². The Labute approximate surface area is 188 Å². The fourth-order valence-electron chi connectivity index (χ4n) is 3.71. The van der Waals surface area contributed by atoms with Gasteiger partial charge in [0.25, 0.3) is 11.6 Å². The number of nitrogens with one attached hydrogen (secondary N) is 1. The van der Waals surface area contributed by atoms with Gasteiger partial charge in [-0.2, -0.15) is 0 Å². The van der Waals surface area contributed by atoms with Crippen molar-refractivity contribution in [3.05, 3.63) is 74.4 Å². The minimum Gasteiger partial charge on any atom is -0.452 e. The van der Waals surface area contributed by atoms with E-state index in [0.717, 1.165) is 23.9 Å². The van der Waals surface area contributed by atoms with Gasteiger partial charge >= 0.3 is 5.97 Å². The third kappa shape index (κ3) is 4.39. The Morgan fingerprint density at radius 1 is 1.28 bits per heavy atom. The molecule has 3 aromatic rings. The summed E-state index contributed by atoms with van der Waals surface area (Å²) in [4.78, 5) is 42.7. The van der Waals surface area contributed by atoms with Gasteiger partial charge in [0.15, 0.2) is 6.61 Å². The van der Waals surface area contributed by atoms with Crippen LogP contribution in [0.25, 0.3) is 10.9 Å². The zero-order chi connectivity index (χ0) is 22.8. The van der Waals surface area contributed by atoms with Crippen LogP contribution in [-0.4, -0.2) is 46.9 Å². The molecule has 0 radical (unpaired) electrons. The normalized spacial score (nSPS) is 13.4. The standard InChI is InChI=1S/C22H19ClN4O5/c1-26-9-8-17-15(11-26)21(14-4-2-3-5-16(14)24-17)22(29)32-12-20(28)25-18-7-6-13(23)10-19(18)27(30)31/h2-7,10H,8-9,11-12H2,1H3,(H,25,28). The first-order chi connectivity index (χ1) is 15.3. The number of pyridine rings is 1. The van der Waals surface area contributed by atoms with Crippen molar-refractivity contribution in [1.82, 2.24) is 9.88 Å². The Morgan fingerprint density at radius 2 is 2.06 bits per heavy atom. The number of para-hydroxylation sites is 1. The number of aromatic nitrogens is 1. The van der Waals surface area contributed by atoms with E-state index in [1.807, 2.05) is 25.2 Å². The SMILES string of the molecule is CN1CCc2nc3ccccc3c(C(=O)OCC(=O)Nc3ccc(Cl)cc3[N+](=O)[O-])c2C1. The van der Waals surface area contributed by atoms with Gasteiger partial charge in [0.1, 0.15) is 5.69 Å². The molecule has 1 aromatic heterocycles. The maximum atomic E-state index is 13.0. The highest BCUT2D eigenvalue weighted by molar-refractivity contribution is 6.31. The fourth-order valence-corrected chi connectivity index (χ4v) is 3.88. The lowest BCUT2D eigenvalue weighted by atomic mass is 9.96. The number of fused-ring (bicyclic) bond motifs is 2. The highest BCUT2D eigenvalue weighted by Gasteiger charge is 2.26. The number of esters is 1. The second-order valence-corrected chi connectivity index (χ2v) is 7.90. The lowest BCUT2D eigenvalue weighted by Gasteiger charge is -2.26. The van der Waals surface area contributed by atoms with Gasteiger partial charge in [-0.25, -0.2) is 4.79 Å². The third-order valence-corrected chi connectivity index (χ3v) is 5.44. The molecule has 1 amide bonds. The summed E-state index contributed by atoms with van der Waals surface area (Å²) in [6.07, 6.45) is 0.706. The van der Waals surface area contributed by atoms with Gasteiger partial charge in [0, 0.05) is 47.2 Å². The minimum absolute atomic E-state index is 0.0335. The largest absolute Gasteiger partial charge is 0.452 e. The first-order valence-corrected chi connectivity index (χ1v) is 10.2. The first kappa shape index (κ1) is 21.7. The van der Waals surface area contributed by atoms with Gasteiger partial charge in [0.2, 0.25) is 0 Å². The zero-order valence-electron chi connectivity index (χ0n) is 17.1. The summed E-state index contributed by atoms with van der Waals surface area (Å²) in [6, 6.07) is 11.2. The van der Waals surface area contributed by atoms with Crippen LogP contribution in [0.15, 0.2) is 42.5 Å². The predicted octanol–water partition coefficient (Wildman–Crippen LogP) is 3.58. The molecule has 164 valence electrons. The summed E-state index contributed by atoms with van der Waals surface area (Å²) in [5, 5.41) is 14.4. The van der Waals surface area contributed by atoms with Gasteiger partial charge in [0.05, 0.1) is 16.0 Å². The monoisotopic (exact) mass is 454 g/mol. The number of nitro groups is 1. The summed E-state index contributed by atoms with van der Waals surface area (Å²) >= 11 is 5.79. The number of hydrogen-bond acceptors (Lipinski definition) is 7. The average Bonchev–Trinajstić information content (AvgIpc) is 2.77. The molecule has 0 bridgehead atoms. The topological polar surface area (TPSA) is 115 Å². The number of ether oxygens (including phenoxy) is 1. The summed E-state index contributed by atoms with van der Waals surface area (Å²) in [5.74, 6) is -1.34. The number of carbonyl (C=O) groups is 2. The second-order valence-electron chi connectivity index (χ2n) is 7.46. The van der Waals surface area contributed by atoms with Crippen LogP contribution in [-0.2, 0) is 22.5 Å². The van der Waals surface area contributed by atoms with Crippen molar-refractivity contribution in [2.24, 2.45) is 0 Å². The molecule has 0 unspecified atom stereocenters. The number of halogens is 1. The van der Waals surface area contributed by atoms with Crippen LogP contribution >= 0.6 is 11.6 Å². The molecular weight excluding hydrogens is 436 g/mol. The molecule has 0 saturated carbocycles. The van der Waals surface area contributed by atoms with Crippen LogP contribution < -0.4 is 5.32 Å². The van der Waals surface area contributed by atoms with Crippen molar-refractivity contribution in [2.45, 2.75) is 13.0 Å². The molecule has 0 atom stereocenters. The second kappa shape index (κ2) is 8.89. The van der Waals surface area contributed by atoms with Crippen molar-refractivity contribution in [3.63, 3.8) is 0 Å².